The van der Waals surface area contributed by atoms with E-state index in [-0.39, 0.29) is 17.1 Å². The summed E-state index contributed by atoms with van der Waals surface area (Å²) in [6.45, 7) is -1.35. The molecule has 1 aromatic carbocycles. The van der Waals surface area contributed by atoms with Gasteiger partial charge in [-0.1, -0.05) is 0 Å². The molecule has 3 aromatic rings. The maximum absolute atomic E-state index is 13.2. The molecule has 0 radical (unpaired) electrons. The fourth-order valence-electron chi connectivity index (χ4n) is 2.43. The molecule has 0 N–H and O–H groups in total. The second kappa shape index (κ2) is 6.72. The number of sulfone groups is 1. The molecule has 142 valence electrons. The number of hydrogen-bond donors (Lipinski definition) is 0. The molecule has 0 saturated carbocycles. The SMILES string of the molecule is CS(=O)(=O)c1nccc(-c2c(-c3ccc(F)cc3)ncn2CC(F)(F)F)n1. The summed E-state index contributed by atoms with van der Waals surface area (Å²) >= 11 is 0. The van der Waals surface area contributed by atoms with Crippen LogP contribution in [0.1, 0.15) is 0 Å². The van der Waals surface area contributed by atoms with Crippen molar-refractivity contribution in [3.05, 3.63) is 48.7 Å². The van der Waals surface area contributed by atoms with Crippen LogP contribution < -0.4 is 0 Å². The Morgan fingerprint density at radius 3 is 2.33 bits per heavy atom. The Kier molecular flexibility index (Phi) is 4.72. The second-order valence-corrected chi connectivity index (χ2v) is 7.60. The van der Waals surface area contributed by atoms with Gasteiger partial charge in [0.2, 0.25) is 15.0 Å². The van der Waals surface area contributed by atoms with Crippen molar-refractivity contribution in [1.82, 2.24) is 19.5 Å². The van der Waals surface area contributed by atoms with E-state index in [0.29, 0.717) is 5.56 Å². The fraction of sp³-hybridized carbons (Fsp3) is 0.188. The minimum absolute atomic E-state index is 0.0495. The Labute approximate surface area is 151 Å². The van der Waals surface area contributed by atoms with Gasteiger partial charge in [0.25, 0.3) is 0 Å². The van der Waals surface area contributed by atoms with E-state index in [1.807, 2.05) is 0 Å². The van der Waals surface area contributed by atoms with Crippen molar-refractivity contribution in [3.63, 3.8) is 0 Å². The third-order valence-corrected chi connectivity index (χ3v) is 4.37. The molecular weight excluding hydrogens is 388 g/mol. The van der Waals surface area contributed by atoms with Crippen LogP contribution in [0.3, 0.4) is 0 Å². The van der Waals surface area contributed by atoms with E-state index in [4.69, 9.17) is 0 Å². The quantitative estimate of drug-likeness (QED) is 0.497. The van der Waals surface area contributed by atoms with Gasteiger partial charge in [-0.3, -0.25) is 0 Å². The fourth-order valence-corrected chi connectivity index (χ4v) is 2.95. The van der Waals surface area contributed by atoms with Crippen molar-refractivity contribution < 1.29 is 26.0 Å². The van der Waals surface area contributed by atoms with E-state index in [1.54, 1.807) is 0 Å². The van der Waals surface area contributed by atoms with Crippen LogP contribution in [0, 0.1) is 5.82 Å². The van der Waals surface area contributed by atoms with E-state index in [9.17, 15) is 26.0 Å². The normalized spacial score (nSPS) is 12.3. The number of imidazole rings is 1. The number of halogens is 4. The lowest BCUT2D eigenvalue weighted by atomic mass is 10.1. The first-order valence-corrected chi connectivity index (χ1v) is 9.35. The van der Waals surface area contributed by atoms with Crippen molar-refractivity contribution in [3.8, 4) is 22.6 Å². The maximum atomic E-state index is 13.2. The van der Waals surface area contributed by atoms with E-state index in [2.05, 4.69) is 15.0 Å². The number of hydrogen-bond acceptors (Lipinski definition) is 5. The van der Waals surface area contributed by atoms with Gasteiger partial charge in [-0.2, -0.15) is 13.2 Å². The highest BCUT2D eigenvalue weighted by molar-refractivity contribution is 7.90. The Morgan fingerprint density at radius 1 is 1.07 bits per heavy atom. The number of benzene rings is 1. The molecule has 0 saturated heterocycles. The van der Waals surface area contributed by atoms with Crippen molar-refractivity contribution in [2.24, 2.45) is 0 Å². The van der Waals surface area contributed by atoms with Gasteiger partial charge in [0, 0.05) is 18.0 Å². The van der Waals surface area contributed by atoms with Crippen LogP contribution in [0.15, 0.2) is 48.0 Å². The predicted octanol–water partition coefficient (Wildman–Crippen LogP) is 3.11. The topological polar surface area (TPSA) is 77.7 Å². The first-order chi connectivity index (χ1) is 12.5. The summed E-state index contributed by atoms with van der Waals surface area (Å²) in [7, 11) is -3.77. The molecule has 0 amide bonds. The first-order valence-electron chi connectivity index (χ1n) is 7.46. The highest BCUT2D eigenvalue weighted by Gasteiger charge is 2.31. The van der Waals surface area contributed by atoms with E-state index >= 15 is 0 Å². The average Bonchev–Trinajstić information content (AvgIpc) is 2.96. The highest BCUT2D eigenvalue weighted by Crippen LogP contribution is 2.32. The molecule has 27 heavy (non-hydrogen) atoms. The number of alkyl halides is 3. The van der Waals surface area contributed by atoms with Crippen LogP contribution in [0.2, 0.25) is 0 Å². The van der Waals surface area contributed by atoms with E-state index < -0.39 is 33.5 Å². The molecule has 0 spiro atoms. The highest BCUT2D eigenvalue weighted by atomic mass is 32.2. The monoisotopic (exact) mass is 400 g/mol. The summed E-state index contributed by atoms with van der Waals surface area (Å²) in [6, 6.07) is 6.29. The van der Waals surface area contributed by atoms with Gasteiger partial charge in [-0.05, 0) is 30.3 Å². The maximum Gasteiger partial charge on any atom is 0.406 e. The summed E-state index contributed by atoms with van der Waals surface area (Å²) in [5.74, 6) is -0.517. The Balaban J connectivity index is 2.22. The first kappa shape index (κ1) is 19.0. The number of nitrogens with zero attached hydrogens (tertiary/aromatic N) is 4. The molecule has 2 aromatic heterocycles. The van der Waals surface area contributed by atoms with Crippen LogP contribution in [0.5, 0.6) is 0 Å². The van der Waals surface area contributed by atoms with Gasteiger partial charge in [-0.25, -0.2) is 27.8 Å². The zero-order valence-electron chi connectivity index (χ0n) is 13.8. The zero-order valence-corrected chi connectivity index (χ0v) is 14.6. The predicted molar refractivity (Wildman–Crippen MR) is 87.8 cm³/mol. The van der Waals surface area contributed by atoms with Crippen LogP contribution >= 0.6 is 0 Å². The Bertz CT molecular complexity index is 1080. The van der Waals surface area contributed by atoms with Crippen LogP contribution in [0.25, 0.3) is 22.6 Å². The smallest absolute Gasteiger partial charge is 0.320 e. The van der Waals surface area contributed by atoms with Crippen molar-refractivity contribution in [1.29, 1.82) is 0 Å². The Morgan fingerprint density at radius 2 is 1.74 bits per heavy atom. The zero-order chi connectivity index (χ0) is 19.8. The standard InChI is InChI=1S/C16H12F4N4O2S/c1-27(25,26)15-21-7-6-12(23-15)14-13(10-2-4-11(17)5-3-10)22-9-24(14)8-16(18,19)20/h2-7,9H,8H2,1H3. The lowest BCUT2D eigenvalue weighted by molar-refractivity contribution is -0.140. The number of aromatic nitrogens is 4. The molecular formula is C16H12F4N4O2S. The molecule has 0 fully saturated rings. The number of rotatable bonds is 4. The molecule has 6 nitrogen and oxygen atoms in total. The van der Waals surface area contributed by atoms with Crippen LogP contribution in [-0.2, 0) is 16.4 Å². The summed E-state index contributed by atoms with van der Waals surface area (Å²) in [5.41, 5.74) is 0.363. The van der Waals surface area contributed by atoms with Gasteiger partial charge in [-0.15, -0.1) is 0 Å². The van der Waals surface area contributed by atoms with E-state index in [1.165, 1.54) is 18.2 Å². The van der Waals surface area contributed by atoms with Crippen molar-refractivity contribution in [2.75, 3.05) is 6.26 Å². The van der Waals surface area contributed by atoms with Gasteiger partial charge < -0.3 is 4.57 Å². The Hall–Kier alpha value is -2.82. The lowest BCUT2D eigenvalue weighted by Gasteiger charge is -2.12. The summed E-state index contributed by atoms with van der Waals surface area (Å²) in [5, 5.41) is -0.523. The van der Waals surface area contributed by atoms with Crippen LogP contribution in [-0.4, -0.2) is 40.4 Å². The largest absolute Gasteiger partial charge is 0.406 e. The molecule has 0 aliphatic carbocycles. The van der Waals surface area contributed by atoms with Gasteiger partial charge in [0.05, 0.1) is 23.4 Å². The molecule has 0 unspecified atom stereocenters. The van der Waals surface area contributed by atoms with Crippen LogP contribution in [0.4, 0.5) is 17.6 Å². The molecule has 0 aliphatic heterocycles. The molecule has 0 aliphatic rings. The van der Waals surface area contributed by atoms with Crippen molar-refractivity contribution in [2.45, 2.75) is 17.9 Å². The third kappa shape index (κ3) is 4.30. The van der Waals surface area contributed by atoms with Gasteiger partial charge in [0.15, 0.2) is 0 Å². The van der Waals surface area contributed by atoms with Gasteiger partial charge >= 0.3 is 6.18 Å². The summed E-state index contributed by atoms with van der Waals surface area (Å²) in [4.78, 5) is 11.5. The average molecular weight is 400 g/mol. The molecule has 2 heterocycles. The molecule has 3 rings (SSSR count). The minimum atomic E-state index is -4.54. The van der Waals surface area contributed by atoms with E-state index in [0.717, 1.165) is 35.5 Å². The molecule has 0 bridgehead atoms. The third-order valence-electron chi connectivity index (χ3n) is 3.51. The minimum Gasteiger partial charge on any atom is -0.320 e. The molecule has 0 atom stereocenters. The lowest BCUT2D eigenvalue weighted by Crippen LogP contribution is -2.18. The summed E-state index contributed by atoms with van der Waals surface area (Å²) in [6.07, 6.45) is -1.54. The summed E-state index contributed by atoms with van der Waals surface area (Å²) < 4.78 is 76.2. The second-order valence-electron chi connectivity index (χ2n) is 5.69. The van der Waals surface area contributed by atoms with Crippen molar-refractivity contribution >= 4 is 9.84 Å². The molecule has 11 heteroatoms. The van der Waals surface area contributed by atoms with Gasteiger partial charge in [0.1, 0.15) is 12.4 Å².